The highest BCUT2D eigenvalue weighted by atomic mass is 35.5. The van der Waals surface area contributed by atoms with Crippen molar-refractivity contribution in [3.05, 3.63) is 106 Å². The van der Waals surface area contributed by atoms with Crippen LogP contribution in [0.5, 0.6) is 5.88 Å². The van der Waals surface area contributed by atoms with E-state index in [2.05, 4.69) is 30.6 Å². The van der Waals surface area contributed by atoms with Crippen LogP contribution in [0.1, 0.15) is 43.6 Å². The summed E-state index contributed by atoms with van der Waals surface area (Å²) in [6.07, 6.45) is 3.36. The van der Waals surface area contributed by atoms with Crippen LogP contribution in [-0.4, -0.2) is 62.7 Å². The van der Waals surface area contributed by atoms with E-state index in [1.54, 1.807) is 41.5 Å². The molecule has 3 atom stereocenters. The first-order chi connectivity index (χ1) is 24.5. The number of rotatable bonds is 5. The number of pyridine rings is 2. The van der Waals surface area contributed by atoms with E-state index in [0.29, 0.717) is 53.5 Å². The maximum absolute atomic E-state index is 13.9. The summed E-state index contributed by atoms with van der Waals surface area (Å²) in [5.41, 5.74) is 2.21. The number of fused-ring (bicyclic) bond motifs is 4. The predicted octanol–water partition coefficient (Wildman–Crippen LogP) is 5.95. The quantitative estimate of drug-likeness (QED) is 0.219. The van der Waals surface area contributed by atoms with Crippen LogP contribution in [0.3, 0.4) is 0 Å². The van der Waals surface area contributed by atoms with Crippen molar-refractivity contribution in [2.75, 3.05) is 12.4 Å². The molecule has 0 amide bonds. The number of nitrogens with one attached hydrogen (secondary N) is 1. The van der Waals surface area contributed by atoms with Crippen molar-refractivity contribution >= 4 is 17.3 Å². The van der Waals surface area contributed by atoms with Crippen LogP contribution in [0.4, 0.5) is 18.9 Å². The molecule has 0 saturated carbocycles. The van der Waals surface area contributed by atoms with E-state index in [0.717, 1.165) is 10.9 Å². The number of halogens is 4. The molecule has 0 saturated heterocycles. The number of anilines is 1. The first-order valence-corrected chi connectivity index (χ1v) is 16.3. The molecule has 51 heavy (non-hydrogen) atoms. The first-order valence-electron chi connectivity index (χ1n) is 15.9. The average molecular weight is 719 g/mol. The third kappa shape index (κ3) is 6.92. The second-order valence-electron chi connectivity index (χ2n) is 12.1. The van der Waals surface area contributed by atoms with Gasteiger partial charge in [-0.1, -0.05) is 30.2 Å². The Bertz CT molecular complexity index is 2270. The topological polar surface area (TPSA) is 151 Å². The number of hydrogen-bond acceptors (Lipinski definition) is 10. The molecule has 2 bridgehead atoms. The molecule has 17 heteroatoms. The summed E-state index contributed by atoms with van der Waals surface area (Å²) in [5, 5.41) is 26.4. The van der Waals surface area contributed by atoms with Crippen molar-refractivity contribution in [1.29, 1.82) is 0 Å². The van der Waals surface area contributed by atoms with Gasteiger partial charge in [0.25, 0.3) is 5.56 Å². The molecular formula is C34H30ClF3N10O3. The lowest BCUT2D eigenvalue weighted by atomic mass is 9.96. The van der Waals surface area contributed by atoms with Gasteiger partial charge in [-0.2, -0.15) is 18.3 Å². The summed E-state index contributed by atoms with van der Waals surface area (Å²) in [4.78, 5) is 27.3. The molecule has 13 nitrogen and oxygen atoms in total. The molecular weight excluding hydrogens is 689 g/mol. The molecule has 5 aromatic heterocycles. The van der Waals surface area contributed by atoms with Crippen LogP contribution in [0.15, 0.2) is 84.4 Å². The Morgan fingerprint density at radius 3 is 2.59 bits per heavy atom. The van der Waals surface area contributed by atoms with E-state index < -0.39 is 29.7 Å². The number of ether oxygens (including phenoxy) is 1. The standard InChI is InChI=1S/C34H30ClF3N10O3/c1-19-4-3-5-28(25-12-20(8-10-39-25)32-26(42-33(19)50)16-47(44-32)22-9-11-40-30(14-22)51-2)46-18-41-24(15-31(46)49)23-13-21(35)6-7-27(23)48-17-29(43-45-48)34(36,37)38/h6-19,28,33,42,50H,3-5H2,1-2H3/t19-,28+,33?/m1/s1. The van der Waals surface area contributed by atoms with Crippen LogP contribution >= 0.6 is 11.6 Å². The summed E-state index contributed by atoms with van der Waals surface area (Å²) in [7, 11) is 1.53. The molecule has 1 aliphatic heterocycles. The number of alkyl halides is 3. The molecule has 0 fully saturated rings. The van der Waals surface area contributed by atoms with Gasteiger partial charge in [0, 0.05) is 46.6 Å². The second kappa shape index (κ2) is 13.6. The molecule has 262 valence electrons. The molecule has 7 rings (SSSR count). The Morgan fingerprint density at radius 1 is 1.00 bits per heavy atom. The SMILES string of the molecule is COc1cc(-n2cc3c(n2)-c2ccnc(c2)[C@@H](n2cnc(-c4cc(Cl)ccc4-n4cc(C(F)(F)F)nn4)cc2=O)CCC[C@@H](C)C(O)N3)ccn1. The van der Waals surface area contributed by atoms with E-state index >= 15 is 0 Å². The van der Waals surface area contributed by atoms with Gasteiger partial charge in [-0.25, -0.2) is 19.3 Å². The van der Waals surface area contributed by atoms with Gasteiger partial charge in [0.1, 0.15) is 11.9 Å². The fourth-order valence-electron chi connectivity index (χ4n) is 5.99. The van der Waals surface area contributed by atoms with Gasteiger partial charge >= 0.3 is 6.18 Å². The number of aliphatic hydroxyl groups is 1. The maximum atomic E-state index is 13.9. The number of methoxy groups -OCH3 is 1. The van der Waals surface area contributed by atoms with Gasteiger partial charge < -0.3 is 15.2 Å². The highest BCUT2D eigenvalue weighted by Gasteiger charge is 2.35. The molecule has 0 radical (unpaired) electrons. The minimum atomic E-state index is -4.69. The third-order valence-electron chi connectivity index (χ3n) is 8.72. The van der Waals surface area contributed by atoms with Crippen LogP contribution in [0.2, 0.25) is 5.02 Å². The molecule has 1 unspecified atom stereocenters. The van der Waals surface area contributed by atoms with Crippen LogP contribution in [-0.2, 0) is 6.18 Å². The zero-order chi connectivity index (χ0) is 35.9. The van der Waals surface area contributed by atoms with E-state index in [1.807, 2.05) is 13.0 Å². The number of nitrogens with zero attached hydrogens (tertiary/aromatic N) is 9. The molecule has 6 aromatic rings. The summed E-state index contributed by atoms with van der Waals surface area (Å²) in [6.45, 7) is 1.94. The molecule has 1 aliphatic rings. The highest BCUT2D eigenvalue weighted by molar-refractivity contribution is 6.31. The Labute approximate surface area is 293 Å². The minimum absolute atomic E-state index is 0.165. The third-order valence-corrected chi connectivity index (χ3v) is 8.95. The lowest BCUT2D eigenvalue weighted by Gasteiger charge is -2.24. The lowest BCUT2D eigenvalue weighted by Crippen LogP contribution is -2.29. The van der Waals surface area contributed by atoms with Crippen LogP contribution in [0, 0.1) is 5.92 Å². The number of aromatic nitrogens is 9. The molecule has 0 aliphatic carbocycles. The lowest BCUT2D eigenvalue weighted by molar-refractivity contribution is -0.141. The van der Waals surface area contributed by atoms with E-state index in [4.69, 9.17) is 21.4 Å². The minimum Gasteiger partial charge on any atom is -0.481 e. The van der Waals surface area contributed by atoms with Crippen molar-refractivity contribution < 1.29 is 23.0 Å². The van der Waals surface area contributed by atoms with Gasteiger partial charge in [0.2, 0.25) is 5.88 Å². The fourth-order valence-corrected chi connectivity index (χ4v) is 6.17. The summed E-state index contributed by atoms with van der Waals surface area (Å²) in [6, 6.07) is 12.4. The van der Waals surface area contributed by atoms with Gasteiger partial charge in [-0.3, -0.25) is 14.3 Å². The number of hydrogen-bond donors (Lipinski definition) is 2. The summed E-state index contributed by atoms with van der Waals surface area (Å²) < 4.78 is 49.3. The van der Waals surface area contributed by atoms with Gasteiger partial charge in [0.05, 0.1) is 60.3 Å². The zero-order valence-electron chi connectivity index (χ0n) is 27.2. The average Bonchev–Trinajstić information content (AvgIpc) is 3.79. The Morgan fingerprint density at radius 2 is 1.82 bits per heavy atom. The Kier molecular flexibility index (Phi) is 9.03. The van der Waals surface area contributed by atoms with Crippen molar-refractivity contribution in [1.82, 2.24) is 44.3 Å². The van der Waals surface area contributed by atoms with Gasteiger partial charge in [0.15, 0.2) is 5.69 Å². The van der Waals surface area contributed by atoms with E-state index in [1.165, 1.54) is 42.3 Å². The van der Waals surface area contributed by atoms with Crippen LogP contribution in [0.25, 0.3) is 33.9 Å². The van der Waals surface area contributed by atoms with Gasteiger partial charge in [-0.05, 0) is 49.2 Å². The van der Waals surface area contributed by atoms with Crippen LogP contribution < -0.4 is 15.6 Å². The van der Waals surface area contributed by atoms with Crippen molar-refractivity contribution in [3.63, 3.8) is 0 Å². The molecule has 2 N–H and O–H groups in total. The monoisotopic (exact) mass is 718 g/mol. The van der Waals surface area contributed by atoms with Crippen molar-refractivity contribution in [2.24, 2.45) is 5.92 Å². The summed E-state index contributed by atoms with van der Waals surface area (Å²) >= 11 is 6.28. The van der Waals surface area contributed by atoms with E-state index in [-0.39, 0.29) is 27.9 Å². The maximum Gasteiger partial charge on any atom is 0.436 e. The molecule has 6 heterocycles. The largest absolute Gasteiger partial charge is 0.481 e. The van der Waals surface area contributed by atoms with Gasteiger partial charge in [-0.15, -0.1) is 5.10 Å². The fraction of sp³-hybridized carbons (Fsp3) is 0.265. The molecule has 0 spiro atoms. The highest BCUT2D eigenvalue weighted by Crippen LogP contribution is 2.35. The summed E-state index contributed by atoms with van der Waals surface area (Å²) in [5.74, 6) is 0.250. The Hall–Kier alpha value is -5.61. The smallest absolute Gasteiger partial charge is 0.436 e. The number of aliphatic hydroxyl groups excluding tert-OH is 1. The molecule has 1 aromatic carbocycles. The van der Waals surface area contributed by atoms with Crippen molar-refractivity contribution in [2.45, 2.75) is 44.6 Å². The Balaban J connectivity index is 1.29. The second-order valence-corrected chi connectivity index (χ2v) is 12.5. The van der Waals surface area contributed by atoms with E-state index in [9.17, 15) is 23.1 Å². The normalized spacial score (nSPS) is 17.9. The predicted molar refractivity (Wildman–Crippen MR) is 181 cm³/mol. The van der Waals surface area contributed by atoms with Crippen molar-refractivity contribution in [3.8, 4) is 39.8 Å². The number of benzene rings is 1. The zero-order valence-corrected chi connectivity index (χ0v) is 27.9. The first kappa shape index (κ1) is 33.9.